The van der Waals surface area contributed by atoms with Crippen LogP contribution in [0.3, 0.4) is 0 Å². The molecule has 2 aromatic carbocycles. The van der Waals surface area contributed by atoms with Crippen LogP contribution in [0.5, 0.6) is 11.5 Å². The first-order valence-corrected chi connectivity index (χ1v) is 10.3. The highest BCUT2D eigenvalue weighted by atomic mass is 16.7. The zero-order valence-electron chi connectivity index (χ0n) is 17.0. The molecule has 0 aromatic heterocycles. The Morgan fingerprint density at radius 1 is 1.03 bits per heavy atom. The number of fused-ring (bicyclic) bond motifs is 1. The van der Waals surface area contributed by atoms with E-state index in [4.69, 9.17) is 9.47 Å². The quantitative estimate of drug-likeness (QED) is 0.318. The monoisotopic (exact) mass is 407 g/mol. The van der Waals surface area contributed by atoms with E-state index in [0.717, 1.165) is 25.7 Å². The van der Waals surface area contributed by atoms with Crippen LogP contribution in [0.15, 0.2) is 54.1 Å². The van der Waals surface area contributed by atoms with Crippen molar-refractivity contribution in [1.82, 2.24) is 4.90 Å². The third-order valence-electron chi connectivity index (χ3n) is 5.55. The average Bonchev–Trinajstić information content (AvgIpc) is 3.34. The summed E-state index contributed by atoms with van der Waals surface area (Å²) in [5, 5.41) is 11.0. The Balaban J connectivity index is 1.77. The highest BCUT2D eigenvalue weighted by molar-refractivity contribution is 6.46. The lowest BCUT2D eigenvalue weighted by molar-refractivity contribution is -0.139. The number of rotatable bonds is 7. The molecule has 4 rings (SSSR count). The Kier molecular flexibility index (Phi) is 5.74. The van der Waals surface area contributed by atoms with Crippen molar-refractivity contribution in [2.45, 2.75) is 38.6 Å². The Labute approximate surface area is 175 Å². The molecule has 0 saturated carbocycles. The molecule has 156 valence electrons. The van der Waals surface area contributed by atoms with Gasteiger partial charge in [0.05, 0.1) is 11.6 Å². The van der Waals surface area contributed by atoms with Crippen molar-refractivity contribution >= 4 is 17.4 Å². The molecule has 0 bridgehead atoms. The minimum atomic E-state index is -0.665. The molecule has 2 aliphatic rings. The van der Waals surface area contributed by atoms with Gasteiger partial charge in [-0.25, -0.2) is 0 Å². The maximum atomic E-state index is 13.0. The fourth-order valence-electron chi connectivity index (χ4n) is 4.00. The number of carbonyl (C=O) groups excluding carboxylic acids is 2. The largest absolute Gasteiger partial charge is 0.507 e. The molecule has 0 aliphatic carbocycles. The number of carbonyl (C=O) groups is 2. The number of likely N-dealkylation sites (tertiary alicyclic amines) is 1. The van der Waals surface area contributed by atoms with E-state index in [0.29, 0.717) is 29.2 Å². The molecule has 1 unspecified atom stereocenters. The van der Waals surface area contributed by atoms with Crippen molar-refractivity contribution in [3.63, 3.8) is 0 Å². The number of benzene rings is 2. The Morgan fingerprint density at radius 3 is 2.57 bits per heavy atom. The van der Waals surface area contributed by atoms with E-state index in [1.54, 1.807) is 41.3 Å². The predicted octanol–water partition coefficient (Wildman–Crippen LogP) is 4.42. The van der Waals surface area contributed by atoms with Crippen molar-refractivity contribution in [2.75, 3.05) is 13.3 Å². The maximum absolute atomic E-state index is 13.0. The number of Topliss-reactive ketones (excluding diaryl/α,β-unsaturated/α-hetero) is 1. The molecule has 2 heterocycles. The van der Waals surface area contributed by atoms with Crippen molar-refractivity contribution < 1.29 is 24.2 Å². The van der Waals surface area contributed by atoms with Crippen LogP contribution in [0.25, 0.3) is 5.76 Å². The molecule has 30 heavy (non-hydrogen) atoms. The SMILES string of the molecule is CCCCCCN1C(=O)C(=O)/C(=C(\O)c2ccccc2)C1c1ccc2c(c1)OCO2. The fourth-order valence-corrected chi connectivity index (χ4v) is 4.00. The first kappa shape index (κ1) is 20.0. The number of ketones is 1. The van der Waals surface area contributed by atoms with Crippen LogP contribution in [0.2, 0.25) is 0 Å². The second-order valence-corrected chi connectivity index (χ2v) is 7.53. The number of hydrogen-bond acceptors (Lipinski definition) is 5. The van der Waals surface area contributed by atoms with Crippen LogP contribution < -0.4 is 9.47 Å². The Morgan fingerprint density at radius 2 is 1.80 bits per heavy atom. The maximum Gasteiger partial charge on any atom is 0.295 e. The van der Waals surface area contributed by atoms with Crippen LogP contribution in [-0.4, -0.2) is 35.0 Å². The minimum Gasteiger partial charge on any atom is -0.507 e. The third kappa shape index (κ3) is 3.65. The smallest absolute Gasteiger partial charge is 0.295 e. The van der Waals surface area contributed by atoms with Gasteiger partial charge in [-0.1, -0.05) is 62.6 Å². The fraction of sp³-hybridized carbons (Fsp3) is 0.333. The normalized spacial score (nSPS) is 19.5. The number of amides is 1. The molecule has 1 N–H and O–H groups in total. The molecule has 0 spiro atoms. The number of aliphatic hydroxyl groups is 1. The van der Waals surface area contributed by atoms with Gasteiger partial charge in [0, 0.05) is 12.1 Å². The second kappa shape index (κ2) is 8.61. The van der Waals surface area contributed by atoms with Crippen LogP contribution >= 0.6 is 0 Å². The molecule has 1 fully saturated rings. The average molecular weight is 407 g/mol. The van der Waals surface area contributed by atoms with Gasteiger partial charge in [-0.2, -0.15) is 0 Å². The van der Waals surface area contributed by atoms with Crippen molar-refractivity contribution in [3.8, 4) is 11.5 Å². The summed E-state index contributed by atoms with van der Waals surface area (Å²) in [6, 6.07) is 13.6. The predicted molar refractivity (Wildman–Crippen MR) is 112 cm³/mol. The van der Waals surface area contributed by atoms with Crippen LogP contribution in [0.1, 0.15) is 49.8 Å². The van der Waals surface area contributed by atoms with E-state index in [-0.39, 0.29) is 18.1 Å². The summed E-state index contributed by atoms with van der Waals surface area (Å²) < 4.78 is 10.9. The van der Waals surface area contributed by atoms with Crippen LogP contribution in [-0.2, 0) is 9.59 Å². The second-order valence-electron chi connectivity index (χ2n) is 7.53. The third-order valence-corrected chi connectivity index (χ3v) is 5.55. The van der Waals surface area contributed by atoms with E-state index >= 15 is 0 Å². The van der Waals surface area contributed by atoms with Crippen molar-refractivity contribution in [1.29, 1.82) is 0 Å². The number of ether oxygens (including phenoxy) is 2. The van der Waals surface area contributed by atoms with Gasteiger partial charge < -0.3 is 19.5 Å². The molecule has 2 aliphatic heterocycles. The number of nitrogens with zero attached hydrogens (tertiary/aromatic N) is 1. The highest BCUT2D eigenvalue weighted by Crippen LogP contribution is 2.43. The lowest BCUT2D eigenvalue weighted by Crippen LogP contribution is -2.30. The summed E-state index contributed by atoms with van der Waals surface area (Å²) in [4.78, 5) is 27.5. The van der Waals surface area contributed by atoms with Gasteiger partial charge in [-0.05, 0) is 24.1 Å². The summed E-state index contributed by atoms with van der Waals surface area (Å²) in [6.07, 6.45) is 3.93. The first-order chi connectivity index (χ1) is 14.6. The lowest BCUT2D eigenvalue weighted by atomic mass is 9.95. The number of unbranched alkanes of at least 4 members (excludes halogenated alkanes) is 3. The number of aliphatic hydroxyl groups excluding tert-OH is 1. The van der Waals surface area contributed by atoms with E-state index in [1.807, 2.05) is 12.1 Å². The lowest BCUT2D eigenvalue weighted by Gasteiger charge is -2.25. The molecule has 1 amide bonds. The Bertz CT molecular complexity index is 982. The van der Waals surface area contributed by atoms with E-state index < -0.39 is 17.7 Å². The first-order valence-electron chi connectivity index (χ1n) is 10.3. The Hall–Kier alpha value is -3.28. The molecule has 1 saturated heterocycles. The van der Waals surface area contributed by atoms with Crippen LogP contribution in [0, 0.1) is 0 Å². The van der Waals surface area contributed by atoms with E-state index in [9.17, 15) is 14.7 Å². The van der Waals surface area contributed by atoms with Gasteiger partial charge in [0.25, 0.3) is 11.7 Å². The molecule has 2 aromatic rings. The molecular formula is C24H25NO5. The summed E-state index contributed by atoms with van der Waals surface area (Å²) >= 11 is 0. The summed E-state index contributed by atoms with van der Waals surface area (Å²) in [5.41, 5.74) is 1.33. The van der Waals surface area contributed by atoms with Gasteiger partial charge in [0.1, 0.15) is 5.76 Å². The number of hydrogen-bond donors (Lipinski definition) is 1. The standard InChI is InChI=1S/C24H25NO5/c1-2-3-4-8-13-25-21(17-11-12-18-19(14-17)30-15-29-18)20(23(27)24(25)28)22(26)16-9-6-5-7-10-16/h5-7,9-12,14,21,26H,2-4,8,13,15H2,1H3/b22-20-. The highest BCUT2D eigenvalue weighted by Gasteiger charge is 2.46. The van der Waals surface area contributed by atoms with Gasteiger partial charge >= 0.3 is 0 Å². The zero-order valence-corrected chi connectivity index (χ0v) is 17.0. The summed E-state index contributed by atoms with van der Waals surface area (Å²) in [5.74, 6) is -0.195. The van der Waals surface area contributed by atoms with Crippen molar-refractivity contribution in [2.24, 2.45) is 0 Å². The van der Waals surface area contributed by atoms with E-state index in [2.05, 4.69) is 6.92 Å². The zero-order chi connectivity index (χ0) is 21.1. The summed E-state index contributed by atoms with van der Waals surface area (Å²) in [6.45, 7) is 2.72. The molecule has 6 heteroatoms. The molecule has 6 nitrogen and oxygen atoms in total. The summed E-state index contributed by atoms with van der Waals surface area (Å²) in [7, 11) is 0. The van der Waals surface area contributed by atoms with Crippen LogP contribution in [0.4, 0.5) is 0 Å². The van der Waals surface area contributed by atoms with Gasteiger partial charge in [-0.3, -0.25) is 9.59 Å². The topological polar surface area (TPSA) is 76.1 Å². The van der Waals surface area contributed by atoms with Gasteiger partial charge in [0.15, 0.2) is 11.5 Å². The van der Waals surface area contributed by atoms with Gasteiger partial charge in [-0.15, -0.1) is 0 Å². The molecule has 1 atom stereocenters. The van der Waals surface area contributed by atoms with Crippen molar-refractivity contribution in [3.05, 3.63) is 65.2 Å². The van der Waals surface area contributed by atoms with Gasteiger partial charge in [0.2, 0.25) is 6.79 Å². The molecular weight excluding hydrogens is 382 g/mol. The molecule has 0 radical (unpaired) electrons. The van der Waals surface area contributed by atoms with E-state index in [1.165, 1.54) is 0 Å². The minimum absolute atomic E-state index is 0.112.